The van der Waals surface area contributed by atoms with Gasteiger partial charge in [-0.15, -0.1) is 0 Å². The van der Waals surface area contributed by atoms with Gasteiger partial charge in [0.05, 0.1) is 18.4 Å². The third-order valence-electron chi connectivity index (χ3n) is 3.45. The van der Waals surface area contributed by atoms with Crippen molar-refractivity contribution in [3.63, 3.8) is 0 Å². The first-order valence-electron chi connectivity index (χ1n) is 7.48. The Bertz CT molecular complexity index is 747. The molecule has 126 valence electrons. The molecule has 0 saturated carbocycles. The normalized spacial score (nSPS) is 10.1. The van der Waals surface area contributed by atoms with Crippen LogP contribution in [0.15, 0.2) is 46.9 Å². The Hall–Kier alpha value is -2.34. The molecule has 0 heterocycles. The topological polar surface area (TPSA) is 67.4 Å². The summed E-state index contributed by atoms with van der Waals surface area (Å²) in [5.41, 5.74) is 2.87. The predicted molar refractivity (Wildman–Crippen MR) is 98.4 cm³/mol. The fraction of sp³-hybridized carbons (Fsp3) is 0.222. The summed E-state index contributed by atoms with van der Waals surface area (Å²) in [5.74, 6) is -0.651. The van der Waals surface area contributed by atoms with Gasteiger partial charge in [-0.3, -0.25) is 4.79 Å². The molecule has 0 aliphatic heterocycles. The Morgan fingerprint density at radius 1 is 1.17 bits per heavy atom. The highest BCUT2D eigenvalue weighted by molar-refractivity contribution is 9.10. The molecular weight excluding hydrogens is 372 g/mol. The van der Waals surface area contributed by atoms with Gasteiger partial charge in [0.2, 0.25) is 5.91 Å². The summed E-state index contributed by atoms with van der Waals surface area (Å²) in [4.78, 5) is 23.8. The quantitative estimate of drug-likeness (QED) is 0.731. The molecule has 0 fully saturated rings. The fourth-order valence-corrected chi connectivity index (χ4v) is 2.41. The van der Waals surface area contributed by atoms with Crippen molar-refractivity contribution < 1.29 is 14.3 Å². The number of benzene rings is 2. The number of esters is 1. The Labute approximate surface area is 149 Å². The Morgan fingerprint density at radius 3 is 2.62 bits per heavy atom. The molecule has 1 amide bonds. The van der Waals surface area contributed by atoms with Crippen LogP contribution in [0.1, 0.15) is 22.3 Å². The summed E-state index contributed by atoms with van der Waals surface area (Å²) in [6.45, 7) is 2.50. The number of amides is 1. The molecule has 0 radical (unpaired) electrons. The number of hydrogen-bond donors (Lipinski definition) is 2. The first-order chi connectivity index (χ1) is 11.5. The van der Waals surface area contributed by atoms with Gasteiger partial charge in [0.1, 0.15) is 0 Å². The molecule has 0 aromatic heterocycles. The van der Waals surface area contributed by atoms with Gasteiger partial charge in [-0.05, 0) is 42.8 Å². The highest BCUT2D eigenvalue weighted by Crippen LogP contribution is 2.20. The molecule has 0 spiro atoms. The fourth-order valence-electron chi connectivity index (χ4n) is 2.17. The molecule has 0 aliphatic rings. The van der Waals surface area contributed by atoms with Crippen LogP contribution in [-0.2, 0) is 9.53 Å². The van der Waals surface area contributed by atoms with Crippen LogP contribution in [0.2, 0.25) is 0 Å². The highest BCUT2D eigenvalue weighted by atomic mass is 79.9. The van der Waals surface area contributed by atoms with E-state index >= 15 is 0 Å². The van der Waals surface area contributed by atoms with E-state index in [1.54, 1.807) is 24.3 Å². The molecular formula is C18H19BrN2O3. The molecule has 5 nitrogen and oxygen atoms in total. The lowest BCUT2D eigenvalue weighted by atomic mass is 10.1. The molecule has 6 heteroatoms. The number of carbonyl (C=O) groups is 2. The first-order valence-corrected chi connectivity index (χ1v) is 8.28. The first kappa shape index (κ1) is 18.0. The SMILES string of the molecule is COC(=O)c1ccccc1NC(=O)CCNc1ccc(Br)c(C)c1. The van der Waals surface area contributed by atoms with Crippen LogP contribution < -0.4 is 10.6 Å². The van der Waals surface area contributed by atoms with Gasteiger partial charge in [0.25, 0.3) is 0 Å². The van der Waals surface area contributed by atoms with E-state index in [0.29, 0.717) is 17.8 Å². The second-order valence-electron chi connectivity index (χ2n) is 5.23. The van der Waals surface area contributed by atoms with Crippen molar-refractivity contribution in [2.45, 2.75) is 13.3 Å². The standard InChI is InChI=1S/C18H19BrN2O3/c1-12-11-13(7-8-15(12)19)20-10-9-17(22)21-16-6-4-3-5-14(16)18(23)24-2/h3-8,11,20H,9-10H2,1-2H3,(H,21,22). The summed E-state index contributed by atoms with van der Waals surface area (Å²) < 4.78 is 5.76. The third kappa shape index (κ3) is 4.83. The van der Waals surface area contributed by atoms with Gasteiger partial charge < -0.3 is 15.4 Å². The maximum atomic E-state index is 12.1. The molecule has 0 saturated heterocycles. The van der Waals surface area contributed by atoms with E-state index < -0.39 is 5.97 Å². The minimum atomic E-state index is -0.477. The number of methoxy groups -OCH3 is 1. The van der Waals surface area contributed by atoms with Crippen molar-refractivity contribution in [1.82, 2.24) is 0 Å². The van der Waals surface area contributed by atoms with Crippen molar-refractivity contribution in [2.24, 2.45) is 0 Å². The van der Waals surface area contributed by atoms with Gasteiger partial charge in [0.15, 0.2) is 0 Å². The van der Waals surface area contributed by atoms with Crippen molar-refractivity contribution >= 4 is 39.2 Å². The predicted octanol–water partition coefficient (Wildman–Crippen LogP) is 3.98. The van der Waals surface area contributed by atoms with Crippen molar-refractivity contribution in [3.8, 4) is 0 Å². The number of rotatable bonds is 6. The molecule has 2 rings (SSSR count). The molecule has 0 atom stereocenters. The van der Waals surface area contributed by atoms with E-state index in [4.69, 9.17) is 4.74 Å². The Morgan fingerprint density at radius 2 is 1.92 bits per heavy atom. The second-order valence-corrected chi connectivity index (χ2v) is 6.08. The molecule has 24 heavy (non-hydrogen) atoms. The van der Waals surface area contributed by atoms with Gasteiger partial charge in [-0.25, -0.2) is 4.79 Å². The second kappa shape index (κ2) is 8.49. The van der Waals surface area contributed by atoms with Crippen LogP contribution in [0, 0.1) is 6.92 Å². The third-order valence-corrected chi connectivity index (χ3v) is 4.34. The van der Waals surface area contributed by atoms with Gasteiger partial charge >= 0.3 is 5.97 Å². The van der Waals surface area contributed by atoms with Gasteiger partial charge in [-0.2, -0.15) is 0 Å². The van der Waals surface area contributed by atoms with Gasteiger partial charge in [0, 0.05) is 23.1 Å². The summed E-state index contributed by atoms with van der Waals surface area (Å²) in [6, 6.07) is 12.7. The number of halogens is 1. The van der Waals surface area contributed by atoms with Crippen LogP contribution in [0.3, 0.4) is 0 Å². The maximum absolute atomic E-state index is 12.1. The number of carbonyl (C=O) groups excluding carboxylic acids is 2. The Balaban J connectivity index is 1.90. The lowest BCUT2D eigenvalue weighted by Gasteiger charge is -2.11. The Kier molecular flexibility index (Phi) is 6.37. The average Bonchev–Trinajstić information content (AvgIpc) is 2.58. The zero-order valence-corrected chi connectivity index (χ0v) is 15.1. The van der Waals surface area contributed by atoms with E-state index in [1.165, 1.54) is 7.11 Å². The smallest absolute Gasteiger partial charge is 0.339 e. The number of nitrogens with one attached hydrogen (secondary N) is 2. The molecule has 0 unspecified atom stereocenters. The van der Waals surface area contributed by atoms with Crippen LogP contribution >= 0.6 is 15.9 Å². The number of ether oxygens (including phenoxy) is 1. The molecule has 2 aromatic rings. The number of anilines is 2. The molecule has 2 aromatic carbocycles. The molecule has 0 bridgehead atoms. The van der Waals surface area contributed by atoms with Crippen LogP contribution in [0.25, 0.3) is 0 Å². The molecule has 2 N–H and O–H groups in total. The average molecular weight is 391 g/mol. The number of aryl methyl sites for hydroxylation is 1. The van der Waals surface area contributed by atoms with Crippen LogP contribution in [0.5, 0.6) is 0 Å². The minimum absolute atomic E-state index is 0.173. The minimum Gasteiger partial charge on any atom is -0.465 e. The largest absolute Gasteiger partial charge is 0.465 e. The molecule has 0 aliphatic carbocycles. The zero-order chi connectivity index (χ0) is 17.5. The summed E-state index contributed by atoms with van der Waals surface area (Å²) in [5, 5.41) is 5.95. The lowest BCUT2D eigenvalue weighted by Crippen LogP contribution is -2.18. The monoisotopic (exact) mass is 390 g/mol. The van der Waals surface area contributed by atoms with Crippen LogP contribution in [0.4, 0.5) is 11.4 Å². The van der Waals surface area contributed by atoms with Crippen molar-refractivity contribution in [3.05, 3.63) is 58.1 Å². The van der Waals surface area contributed by atoms with E-state index in [0.717, 1.165) is 15.7 Å². The van der Waals surface area contributed by atoms with E-state index in [-0.39, 0.29) is 12.3 Å². The maximum Gasteiger partial charge on any atom is 0.339 e. The van der Waals surface area contributed by atoms with Crippen molar-refractivity contribution in [1.29, 1.82) is 0 Å². The highest BCUT2D eigenvalue weighted by Gasteiger charge is 2.12. The van der Waals surface area contributed by atoms with Crippen LogP contribution in [-0.4, -0.2) is 25.5 Å². The summed E-state index contributed by atoms with van der Waals surface area (Å²) in [6.07, 6.45) is 0.282. The number of hydrogen-bond acceptors (Lipinski definition) is 4. The number of para-hydroxylation sites is 1. The zero-order valence-electron chi connectivity index (χ0n) is 13.6. The van der Waals surface area contributed by atoms with Gasteiger partial charge in [-0.1, -0.05) is 28.1 Å². The van der Waals surface area contributed by atoms with Crippen molar-refractivity contribution in [2.75, 3.05) is 24.3 Å². The summed E-state index contributed by atoms with van der Waals surface area (Å²) >= 11 is 3.45. The van der Waals surface area contributed by atoms with E-state index in [1.807, 2.05) is 25.1 Å². The lowest BCUT2D eigenvalue weighted by molar-refractivity contribution is -0.115. The van der Waals surface area contributed by atoms with E-state index in [9.17, 15) is 9.59 Å². The summed E-state index contributed by atoms with van der Waals surface area (Å²) in [7, 11) is 1.31. The van der Waals surface area contributed by atoms with E-state index in [2.05, 4.69) is 26.6 Å².